The van der Waals surface area contributed by atoms with Crippen LogP contribution in [0.15, 0.2) is 18.2 Å². The molecule has 0 fully saturated rings. The van der Waals surface area contributed by atoms with Gasteiger partial charge in [0.1, 0.15) is 0 Å². The number of alkyl halides is 1. The Kier molecular flexibility index (Phi) is 4.87. The van der Waals surface area contributed by atoms with Gasteiger partial charge in [-0.2, -0.15) is 0 Å². The van der Waals surface area contributed by atoms with Gasteiger partial charge in [0.25, 0.3) is 0 Å². The van der Waals surface area contributed by atoms with Gasteiger partial charge >= 0.3 is 0 Å². The van der Waals surface area contributed by atoms with Crippen LogP contribution in [0.1, 0.15) is 36.5 Å². The zero-order valence-corrected chi connectivity index (χ0v) is 11.5. The molecule has 0 saturated heterocycles. The molecule has 0 heterocycles. The highest BCUT2D eigenvalue weighted by Gasteiger charge is 2.11. The van der Waals surface area contributed by atoms with E-state index in [-0.39, 0.29) is 0 Å². The van der Waals surface area contributed by atoms with Crippen molar-refractivity contribution in [3.63, 3.8) is 0 Å². The lowest BCUT2D eigenvalue weighted by Crippen LogP contribution is -2.24. The molecule has 1 aromatic carbocycles. The van der Waals surface area contributed by atoms with Gasteiger partial charge in [-0.3, -0.25) is 4.90 Å². The zero-order valence-electron chi connectivity index (χ0n) is 10.7. The van der Waals surface area contributed by atoms with Crippen LogP contribution in [0.25, 0.3) is 0 Å². The largest absolute Gasteiger partial charge is 0.299 e. The van der Waals surface area contributed by atoms with Gasteiger partial charge in [0.2, 0.25) is 0 Å². The summed E-state index contributed by atoms with van der Waals surface area (Å²) < 4.78 is 0. The smallest absolute Gasteiger partial charge is 0.0235 e. The molecule has 1 aromatic rings. The van der Waals surface area contributed by atoms with Gasteiger partial charge in [0.05, 0.1) is 0 Å². The second kappa shape index (κ2) is 6.42. The second-order valence-electron chi connectivity index (χ2n) is 4.87. The topological polar surface area (TPSA) is 3.24 Å². The molecule has 94 valence electrons. The number of aryl methyl sites for hydroxylation is 2. The average molecular weight is 252 g/mol. The maximum atomic E-state index is 5.76. The van der Waals surface area contributed by atoms with Gasteiger partial charge in [0, 0.05) is 12.4 Å². The van der Waals surface area contributed by atoms with Crippen LogP contribution >= 0.6 is 11.6 Å². The molecule has 1 aliphatic carbocycles. The highest BCUT2D eigenvalue weighted by Crippen LogP contribution is 2.23. The third kappa shape index (κ3) is 3.46. The minimum Gasteiger partial charge on any atom is -0.299 e. The van der Waals surface area contributed by atoms with E-state index in [0.717, 1.165) is 31.9 Å². The van der Waals surface area contributed by atoms with Crippen LogP contribution in [0.3, 0.4) is 0 Å². The van der Waals surface area contributed by atoms with Crippen LogP contribution in [0.5, 0.6) is 0 Å². The minimum atomic E-state index is 0.765. The monoisotopic (exact) mass is 251 g/mol. The molecule has 0 amide bonds. The molecule has 0 N–H and O–H groups in total. The van der Waals surface area contributed by atoms with Gasteiger partial charge in [0.15, 0.2) is 0 Å². The summed E-state index contributed by atoms with van der Waals surface area (Å²) in [5.74, 6) is 0.765. The molecule has 0 atom stereocenters. The van der Waals surface area contributed by atoms with Gasteiger partial charge in [-0.15, -0.1) is 11.6 Å². The van der Waals surface area contributed by atoms with E-state index in [4.69, 9.17) is 11.6 Å². The SMILES string of the molecule is CCN(CCCCl)Cc1ccc2c(c1)CCC2. The van der Waals surface area contributed by atoms with E-state index in [1.807, 2.05) is 0 Å². The first-order valence-electron chi connectivity index (χ1n) is 6.72. The van der Waals surface area contributed by atoms with E-state index in [9.17, 15) is 0 Å². The van der Waals surface area contributed by atoms with Gasteiger partial charge in [-0.05, 0) is 55.5 Å². The zero-order chi connectivity index (χ0) is 12.1. The summed E-state index contributed by atoms with van der Waals surface area (Å²) in [6.45, 7) is 5.51. The Bertz CT molecular complexity index is 362. The Morgan fingerprint density at radius 3 is 2.82 bits per heavy atom. The molecule has 0 radical (unpaired) electrons. The molecular formula is C15H22ClN. The normalized spacial score (nSPS) is 14.3. The van der Waals surface area contributed by atoms with Crippen molar-refractivity contribution in [2.45, 2.75) is 39.2 Å². The van der Waals surface area contributed by atoms with Gasteiger partial charge in [-0.25, -0.2) is 0 Å². The second-order valence-corrected chi connectivity index (χ2v) is 5.25. The third-order valence-electron chi connectivity index (χ3n) is 3.62. The molecule has 2 rings (SSSR count). The van der Waals surface area contributed by atoms with Crippen molar-refractivity contribution in [3.05, 3.63) is 34.9 Å². The summed E-state index contributed by atoms with van der Waals surface area (Å²) in [6, 6.07) is 7.03. The minimum absolute atomic E-state index is 0.765. The summed E-state index contributed by atoms with van der Waals surface area (Å²) >= 11 is 5.76. The number of fused-ring (bicyclic) bond motifs is 1. The van der Waals surface area contributed by atoms with E-state index in [2.05, 4.69) is 30.0 Å². The lowest BCUT2D eigenvalue weighted by atomic mass is 10.1. The first-order valence-corrected chi connectivity index (χ1v) is 7.26. The van der Waals surface area contributed by atoms with Crippen molar-refractivity contribution >= 4 is 11.6 Å². The Labute approximate surface area is 110 Å². The Morgan fingerprint density at radius 1 is 1.24 bits per heavy atom. The van der Waals surface area contributed by atoms with Gasteiger partial charge in [-0.1, -0.05) is 25.1 Å². The van der Waals surface area contributed by atoms with E-state index in [1.54, 1.807) is 11.1 Å². The Balaban J connectivity index is 1.97. The van der Waals surface area contributed by atoms with Crippen LogP contribution in [0, 0.1) is 0 Å². The first kappa shape index (κ1) is 12.9. The summed E-state index contributed by atoms with van der Waals surface area (Å²) in [6.07, 6.45) is 4.97. The fraction of sp³-hybridized carbons (Fsp3) is 0.600. The lowest BCUT2D eigenvalue weighted by Gasteiger charge is -2.20. The van der Waals surface area contributed by atoms with E-state index < -0.39 is 0 Å². The van der Waals surface area contributed by atoms with E-state index in [0.29, 0.717) is 0 Å². The van der Waals surface area contributed by atoms with Crippen molar-refractivity contribution in [3.8, 4) is 0 Å². The van der Waals surface area contributed by atoms with Crippen molar-refractivity contribution in [2.24, 2.45) is 0 Å². The number of nitrogens with zero attached hydrogens (tertiary/aromatic N) is 1. The summed E-state index contributed by atoms with van der Waals surface area (Å²) in [4.78, 5) is 2.47. The number of rotatable bonds is 6. The highest BCUT2D eigenvalue weighted by molar-refractivity contribution is 6.17. The Hall–Kier alpha value is -0.530. The molecule has 2 heteroatoms. The van der Waals surface area contributed by atoms with Crippen molar-refractivity contribution in [1.29, 1.82) is 0 Å². The Morgan fingerprint density at radius 2 is 2.06 bits per heavy atom. The number of halogens is 1. The molecule has 0 aliphatic heterocycles. The molecule has 0 aromatic heterocycles. The first-order chi connectivity index (χ1) is 8.33. The van der Waals surface area contributed by atoms with E-state index >= 15 is 0 Å². The quantitative estimate of drug-likeness (QED) is 0.698. The molecule has 0 saturated carbocycles. The third-order valence-corrected chi connectivity index (χ3v) is 3.89. The van der Waals surface area contributed by atoms with Crippen LogP contribution in [-0.4, -0.2) is 23.9 Å². The molecule has 17 heavy (non-hydrogen) atoms. The van der Waals surface area contributed by atoms with Crippen LogP contribution in [-0.2, 0) is 19.4 Å². The number of hydrogen-bond acceptors (Lipinski definition) is 1. The van der Waals surface area contributed by atoms with Crippen molar-refractivity contribution < 1.29 is 0 Å². The number of hydrogen-bond donors (Lipinski definition) is 0. The average Bonchev–Trinajstić information content (AvgIpc) is 2.81. The predicted molar refractivity (Wildman–Crippen MR) is 74.8 cm³/mol. The van der Waals surface area contributed by atoms with Crippen LogP contribution in [0.2, 0.25) is 0 Å². The molecule has 1 aliphatic rings. The van der Waals surface area contributed by atoms with E-state index in [1.165, 1.54) is 24.8 Å². The maximum Gasteiger partial charge on any atom is 0.0235 e. The molecule has 0 spiro atoms. The summed E-state index contributed by atoms with van der Waals surface area (Å²) in [5.41, 5.74) is 4.61. The fourth-order valence-corrected chi connectivity index (χ4v) is 2.73. The molecule has 0 bridgehead atoms. The maximum absolute atomic E-state index is 5.76. The molecule has 1 nitrogen and oxygen atoms in total. The van der Waals surface area contributed by atoms with Crippen molar-refractivity contribution in [1.82, 2.24) is 4.90 Å². The number of benzene rings is 1. The highest BCUT2D eigenvalue weighted by atomic mass is 35.5. The van der Waals surface area contributed by atoms with Crippen molar-refractivity contribution in [2.75, 3.05) is 19.0 Å². The van der Waals surface area contributed by atoms with Gasteiger partial charge < -0.3 is 0 Å². The van der Waals surface area contributed by atoms with Crippen LogP contribution in [0.4, 0.5) is 0 Å². The molecule has 0 unspecified atom stereocenters. The summed E-state index contributed by atoms with van der Waals surface area (Å²) in [7, 11) is 0. The fourth-order valence-electron chi connectivity index (χ4n) is 2.61. The predicted octanol–water partition coefficient (Wildman–Crippen LogP) is 3.63. The van der Waals surface area contributed by atoms with Crippen LogP contribution < -0.4 is 0 Å². The lowest BCUT2D eigenvalue weighted by molar-refractivity contribution is 0.281. The molecular weight excluding hydrogens is 230 g/mol. The standard InChI is InChI=1S/C15H22ClN/c1-2-17(10-4-9-16)12-13-7-8-14-5-3-6-15(14)11-13/h7-8,11H,2-6,9-10,12H2,1H3. The summed E-state index contributed by atoms with van der Waals surface area (Å²) in [5, 5.41) is 0.